The number of likely N-dealkylation sites (N-methyl/N-ethyl adjacent to an activating group) is 1. The highest BCUT2D eigenvalue weighted by Gasteiger charge is 2.02. The second kappa shape index (κ2) is 7.23. The van der Waals surface area contributed by atoms with Crippen LogP contribution in [0.5, 0.6) is 0 Å². The van der Waals surface area contributed by atoms with Gasteiger partial charge in [0.2, 0.25) is 5.91 Å². The van der Waals surface area contributed by atoms with Crippen molar-refractivity contribution in [2.24, 2.45) is 0 Å². The molecule has 18 heavy (non-hydrogen) atoms. The van der Waals surface area contributed by atoms with E-state index in [1.54, 1.807) is 18.0 Å². The number of rotatable bonds is 5. The van der Waals surface area contributed by atoms with Crippen molar-refractivity contribution in [3.05, 3.63) is 23.4 Å². The van der Waals surface area contributed by atoms with Gasteiger partial charge in [-0.25, -0.2) is 9.97 Å². The molecule has 1 heterocycles. The number of anilines is 1. The van der Waals surface area contributed by atoms with Crippen LogP contribution in [0.1, 0.15) is 6.92 Å². The first-order chi connectivity index (χ1) is 8.52. The molecule has 2 N–H and O–H groups in total. The summed E-state index contributed by atoms with van der Waals surface area (Å²) in [7, 11) is 1.75. The van der Waals surface area contributed by atoms with E-state index in [0.717, 1.165) is 0 Å². The van der Waals surface area contributed by atoms with Gasteiger partial charge in [0, 0.05) is 25.4 Å². The molecule has 7 heteroatoms. The number of carbonyl (C=O) groups excluding carboxylic acids is 1. The largest absolute Gasteiger partial charge is 0.384 e. The van der Waals surface area contributed by atoms with Gasteiger partial charge in [0.05, 0.1) is 0 Å². The van der Waals surface area contributed by atoms with Crippen LogP contribution in [0.25, 0.3) is 0 Å². The molecule has 0 fully saturated rings. The van der Waals surface area contributed by atoms with E-state index >= 15 is 0 Å². The van der Waals surface area contributed by atoms with Crippen molar-refractivity contribution in [3.63, 3.8) is 0 Å². The summed E-state index contributed by atoms with van der Waals surface area (Å²) in [4.78, 5) is 21.1. The van der Waals surface area contributed by atoms with Gasteiger partial charge < -0.3 is 10.6 Å². The summed E-state index contributed by atoms with van der Waals surface area (Å²) in [5, 5.41) is 0.816. The Kier molecular flexibility index (Phi) is 5.94. The Bertz CT molecular complexity index is 432. The van der Waals surface area contributed by atoms with Crippen molar-refractivity contribution in [3.8, 4) is 0 Å². The van der Waals surface area contributed by atoms with Crippen LogP contribution in [0.15, 0.2) is 23.4 Å². The third-order valence-electron chi connectivity index (χ3n) is 2.11. The van der Waals surface area contributed by atoms with Gasteiger partial charge in [0.1, 0.15) is 11.0 Å². The second-order valence-electron chi connectivity index (χ2n) is 3.46. The monoisotopic (exact) mass is 286 g/mol. The van der Waals surface area contributed by atoms with Gasteiger partial charge in [-0.15, -0.1) is 0 Å². The molecule has 0 unspecified atom stereocenters. The summed E-state index contributed by atoms with van der Waals surface area (Å²) in [6, 6.07) is 1.49. The van der Waals surface area contributed by atoms with E-state index in [1.165, 1.54) is 23.9 Å². The Hall–Kier alpha value is -1.27. The smallest absolute Gasteiger partial charge is 0.245 e. The van der Waals surface area contributed by atoms with Crippen molar-refractivity contribution < 1.29 is 4.79 Å². The Morgan fingerprint density at radius 3 is 2.94 bits per heavy atom. The Morgan fingerprint density at radius 2 is 2.33 bits per heavy atom. The summed E-state index contributed by atoms with van der Waals surface area (Å²) in [6.07, 6.45) is 3.30. The van der Waals surface area contributed by atoms with Crippen LogP contribution in [0.2, 0.25) is 5.15 Å². The number of nitrogens with zero attached hydrogens (tertiary/aromatic N) is 3. The predicted molar refractivity (Wildman–Crippen MR) is 74.6 cm³/mol. The van der Waals surface area contributed by atoms with E-state index < -0.39 is 0 Å². The fraction of sp³-hybridized carbons (Fsp3) is 0.364. The zero-order valence-corrected chi connectivity index (χ0v) is 11.8. The number of amides is 1. The summed E-state index contributed by atoms with van der Waals surface area (Å²) in [5.41, 5.74) is 5.54. The SMILES string of the molecule is CCN(C)C(=O)/C=C/CSc1nc(N)cc(Cl)n1. The minimum absolute atomic E-state index is 0.0235. The average molecular weight is 287 g/mol. The van der Waals surface area contributed by atoms with Gasteiger partial charge >= 0.3 is 0 Å². The molecule has 0 spiro atoms. The van der Waals surface area contributed by atoms with Gasteiger partial charge in [-0.2, -0.15) is 0 Å². The van der Waals surface area contributed by atoms with Crippen LogP contribution in [0.3, 0.4) is 0 Å². The molecule has 0 bridgehead atoms. The molecule has 0 saturated heterocycles. The molecule has 98 valence electrons. The Balaban J connectivity index is 2.46. The number of hydrogen-bond donors (Lipinski definition) is 1. The molecule has 1 rings (SSSR count). The molecule has 0 saturated carbocycles. The third kappa shape index (κ3) is 4.93. The van der Waals surface area contributed by atoms with Gasteiger partial charge in [0.25, 0.3) is 0 Å². The van der Waals surface area contributed by atoms with E-state index in [0.29, 0.717) is 28.4 Å². The quantitative estimate of drug-likeness (QED) is 0.387. The van der Waals surface area contributed by atoms with E-state index in [2.05, 4.69) is 9.97 Å². The van der Waals surface area contributed by atoms with Gasteiger partial charge in [-0.05, 0) is 13.0 Å². The molecule has 0 aliphatic carbocycles. The van der Waals surface area contributed by atoms with Crippen LogP contribution < -0.4 is 5.73 Å². The summed E-state index contributed by atoms with van der Waals surface area (Å²) >= 11 is 7.12. The molecule has 5 nitrogen and oxygen atoms in total. The van der Waals surface area contributed by atoms with Crippen LogP contribution >= 0.6 is 23.4 Å². The molecule has 0 aliphatic rings. The lowest BCUT2D eigenvalue weighted by Crippen LogP contribution is -2.23. The van der Waals surface area contributed by atoms with Gasteiger partial charge in [-0.3, -0.25) is 4.79 Å². The second-order valence-corrected chi connectivity index (χ2v) is 4.84. The number of thioether (sulfide) groups is 1. The first kappa shape index (κ1) is 14.8. The predicted octanol–water partition coefficient (Wildman–Crippen LogP) is 1.84. The lowest BCUT2D eigenvalue weighted by molar-refractivity contribution is -0.124. The maximum absolute atomic E-state index is 11.5. The minimum atomic E-state index is -0.0235. The zero-order chi connectivity index (χ0) is 13.5. The van der Waals surface area contributed by atoms with E-state index in [9.17, 15) is 4.79 Å². The fourth-order valence-corrected chi connectivity index (χ4v) is 1.95. The van der Waals surface area contributed by atoms with Gasteiger partial charge in [-0.1, -0.05) is 29.4 Å². The molecular weight excluding hydrogens is 272 g/mol. The average Bonchev–Trinajstić information content (AvgIpc) is 2.32. The highest BCUT2D eigenvalue weighted by Crippen LogP contribution is 2.17. The summed E-state index contributed by atoms with van der Waals surface area (Å²) in [6.45, 7) is 2.60. The van der Waals surface area contributed by atoms with Crippen LogP contribution in [0, 0.1) is 0 Å². The first-order valence-electron chi connectivity index (χ1n) is 5.37. The van der Waals surface area contributed by atoms with Crippen molar-refractivity contribution in [2.45, 2.75) is 12.1 Å². The molecular formula is C11H15ClN4OS. The number of nitrogen functional groups attached to an aromatic ring is 1. The van der Waals surface area contributed by atoms with Gasteiger partial charge in [0.15, 0.2) is 5.16 Å². The topological polar surface area (TPSA) is 72.1 Å². The normalized spacial score (nSPS) is 10.8. The van der Waals surface area contributed by atoms with Crippen LogP contribution in [-0.4, -0.2) is 40.1 Å². The molecule has 0 radical (unpaired) electrons. The van der Waals surface area contributed by atoms with E-state index in [4.69, 9.17) is 17.3 Å². The highest BCUT2D eigenvalue weighted by molar-refractivity contribution is 7.99. The number of aromatic nitrogens is 2. The standard InChI is InChI=1S/C11H15ClN4OS/c1-3-16(2)10(17)5-4-6-18-11-14-8(12)7-9(13)15-11/h4-5,7H,3,6H2,1-2H3,(H2,13,14,15)/b5-4+. The molecule has 0 aliphatic heterocycles. The molecule has 1 aromatic heterocycles. The Labute approximate surface area is 115 Å². The van der Waals surface area contributed by atoms with Crippen molar-refractivity contribution in [1.82, 2.24) is 14.9 Å². The van der Waals surface area contributed by atoms with Crippen LogP contribution in [-0.2, 0) is 4.79 Å². The molecule has 1 amide bonds. The highest BCUT2D eigenvalue weighted by atomic mass is 35.5. The van der Waals surface area contributed by atoms with Crippen LogP contribution in [0.4, 0.5) is 5.82 Å². The maximum atomic E-state index is 11.5. The first-order valence-corrected chi connectivity index (χ1v) is 6.73. The summed E-state index contributed by atoms with van der Waals surface area (Å²) < 4.78 is 0. The molecule has 1 aromatic rings. The number of nitrogens with two attached hydrogens (primary N) is 1. The number of hydrogen-bond acceptors (Lipinski definition) is 5. The molecule has 0 aromatic carbocycles. The van der Waals surface area contributed by atoms with Crippen molar-refractivity contribution >= 4 is 35.1 Å². The summed E-state index contributed by atoms with van der Waals surface area (Å²) in [5.74, 6) is 0.899. The Morgan fingerprint density at radius 1 is 1.61 bits per heavy atom. The lowest BCUT2D eigenvalue weighted by atomic mass is 10.4. The van der Waals surface area contributed by atoms with E-state index in [1.807, 2.05) is 6.92 Å². The molecule has 0 atom stereocenters. The van der Waals surface area contributed by atoms with E-state index in [-0.39, 0.29) is 5.91 Å². The third-order valence-corrected chi connectivity index (χ3v) is 3.11. The maximum Gasteiger partial charge on any atom is 0.245 e. The fourth-order valence-electron chi connectivity index (χ4n) is 1.03. The number of halogens is 1. The van der Waals surface area contributed by atoms with Crippen molar-refractivity contribution in [2.75, 3.05) is 25.1 Å². The lowest BCUT2D eigenvalue weighted by Gasteiger charge is -2.10. The van der Waals surface area contributed by atoms with Crippen molar-refractivity contribution in [1.29, 1.82) is 0 Å². The zero-order valence-electron chi connectivity index (χ0n) is 10.3. The number of carbonyl (C=O) groups is 1. The minimum Gasteiger partial charge on any atom is -0.384 e.